The maximum atomic E-state index is 12.4. The lowest BCUT2D eigenvalue weighted by molar-refractivity contribution is -0.384. The zero-order valence-corrected chi connectivity index (χ0v) is 14.0. The second-order valence-corrected chi connectivity index (χ2v) is 6.74. The molecule has 0 spiro atoms. The maximum Gasteiger partial charge on any atom is 0.269 e. The van der Waals surface area contributed by atoms with Crippen LogP contribution in [0, 0.1) is 10.1 Å². The van der Waals surface area contributed by atoms with Crippen LogP contribution in [-0.2, 0) is 10.0 Å². The highest BCUT2D eigenvalue weighted by Gasteiger charge is 2.17. The van der Waals surface area contributed by atoms with Crippen molar-refractivity contribution in [3.8, 4) is 5.75 Å². The van der Waals surface area contributed by atoms with Gasteiger partial charge in [0.25, 0.3) is 15.7 Å². The average molecular weight is 350 g/mol. The van der Waals surface area contributed by atoms with Crippen molar-refractivity contribution in [2.45, 2.75) is 24.7 Å². The van der Waals surface area contributed by atoms with E-state index in [1.54, 1.807) is 24.3 Å². The number of unbranched alkanes of at least 4 members (excludes halogenated alkanes) is 1. The van der Waals surface area contributed by atoms with Crippen LogP contribution >= 0.6 is 0 Å². The molecule has 128 valence electrons. The molecule has 7 nitrogen and oxygen atoms in total. The van der Waals surface area contributed by atoms with Gasteiger partial charge in [-0.05, 0) is 30.7 Å². The summed E-state index contributed by atoms with van der Waals surface area (Å²) in [6.07, 6.45) is 1.83. The van der Waals surface area contributed by atoms with E-state index in [-0.39, 0.29) is 10.6 Å². The van der Waals surface area contributed by atoms with Crippen molar-refractivity contribution in [1.29, 1.82) is 0 Å². The third kappa shape index (κ3) is 4.45. The van der Waals surface area contributed by atoms with Crippen LogP contribution in [-0.4, -0.2) is 19.9 Å². The first-order chi connectivity index (χ1) is 11.4. The number of benzene rings is 2. The number of nitro groups is 1. The Labute approximate surface area is 140 Å². The summed E-state index contributed by atoms with van der Waals surface area (Å²) in [6, 6.07) is 11.4. The molecular weight excluding hydrogens is 332 g/mol. The number of para-hydroxylation sites is 2. The number of anilines is 1. The van der Waals surface area contributed by atoms with Gasteiger partial charge in [-0.25, -0.2) is 8.42 Å². The van der Waals surface area contributed by atoms with Crippen LogP contribution < -0.4 is 9.46 Å². The number of hydrogen-bond acceptors (Lipinski definition) is 5. The van der Waals surface area contributed by atoms with Gasteiger partial charge in [0.1, 0.15) is 5.75 Å². The van der Waals surface area contributed by atoms with E-state index in [2.05, 4.69) is 4.72 Å². The highest BCUT2D eigenvalue weighted by atomic mass is 32.2. The fraction of sp³-hybridized carbons (Fsp3) is 0.250. The molecule has 0 aliphatic heterocycles. The summed E-state index contributed by atoms with van der Waals surface area (Å²) in [7, 11) is -3.86. The lowest BCUT2D eigenvalue weighted by Gasteiger charge is -2.13. The summed E-state index contributed by atoms with van der Waals surface area (Å²) in [5.74, 6) is 0.441. The molecule has 24 heavy (non-hydrogen) atoms. The van der Waals surface area contributed by atoms with E-state index in [4.69, 9.17) is 4.74 Å². The smallest absolute Gasteiger partial charge is 0.269 e. The lowest BCUT2D eigenvalue weighted by atomic mass is 10.3. The summed E-state index contributed by atoms with van der Waals surface area (Å²) in [5.41, 5.74) is 0.157. The van der Waals surface area contributed by atoms with Crippen LogP contribution in [0.15, 0.2) is 53.4 Å². The topological polar surface area (TPSA) is 98.5 Å². The SMILES string of the molecule is CCCCOc1ccccc1NS(=O)(=O)c1ccc([N+](=O)[O-])cc1. The molecule has 2 rings (SSSR count). The van der Waals surface area contributed by atoms with Crippen molar-refractivity contribution < 1.29 is 18.1 Å². The van der Waals surface area contributed by atoms with Crippen molar-refractivity contribution in [3.05, 3.63) is 58.6 Å². The quantitative estimate of drug-likeness (QED) is 0.446. The predicted octanol–water partition coefficient (Wildman–Crippen LogP) is 3.57. The minimum Gasteiger partial charge on any atom is -0.491 e. The van der Waals surface area contributed by atoms with Gasteiger partial charge in [0.05, 0.1) is 22.1 Å². The first-order valence-corrected chi connectivity index (χ1v) is 8.91. The molecule has 0 radical (unpaired) electrons. The Morgan fingerprint density at radius 3 is 2.42 bits per heavy atom. The van der Waals surface area contributed by atoms with E-state index < -0.39 is 14.9 Å². The summed E-state index contributed by atoms with van der Waals surface area (Å²) < 4.78 is 32.9. The Morgan fingerprint density at radius 1 is 1.12 bits per heavy atom. The molecule has 1 N–H and O–H groups in total. The van der Waals surface area contributed by atoms with E-state index in [9.17, 15) is 18.5 Å². The zero-order chi connectivity index (χ0) is 17.6. The van der Waals surface area contributed by atoms with Gasteiger partial charge in [0, 0.05) is 12.1 Å². The van der Waals surface area contributed by atoms with Crippen molar-refractivity contribution in [1.82, 2.24) is 0 Å². The van der Waals surface area contributed by atoms with Gasteiger partial charge < -0.3 is 4.74 Å². The van der Waals surface area contributed by atoms with Crippen LogP contribution in [0.25, 0.3) is 0 Å². The van der Waals surface area contributed by atoms with Crippen LogP contribution in [0.3, 0.4) is 0 Å². The molecule has 0 heterocycles. The van der Waals surface area contributed by atoms with Crippen molar-refractivity contribution in [2.24, 2.45) is 0 Å². The third-order valence-electron chi connectivity index (χ3n) is 3.24. The number of nitrogens with one attached hydrogen (secondary N) is 1. The standard InChI is InChI=1S/C16H18N2O5S/c1-2-3-12-23-16-7-5-4-6-15(16)17-24(21,22)14-10-8-13(9-11-14)18(19)20/h4-11,17H,2-3,12H2,1H3. The molecule has 0 saturated heterocycles. The van der Waals surface area contributed by atoms with Gasteiger partial charge in [0.2, 0.25) is 0 Å². The molecule has 2 aromatic rings. The van der Waals surface area contributed by atoms with Gasteiger partial charge in [-0.15, -0.1) is 0 Å². The van der Waals surface area contributed by atoms with E-state index >= 15 is 0 Å². The molecule has 0 bridgehead atoms. The van der Waals surface area contributed by atoms with Crippen molar-refractivity contribution in [2.75, 3.05) is 11.3 Å². The largest absolute Gasteiger partial charge is 0.491 e. The normalized spacial score (nSPS) is 11.0. The number of nitro benzene ring substituents is 1. The van der Waals surface area contributed by atoms with Crippen molar-refractivity contribution in [3.63, 3.8) is 0 Å². The first kappa shape index (κ1) is 17.7. The molecule has 0 amide bonds. The van der Waals surface area contributed by atoms with Gasteiger partial charge >= 0.3 is 0 Å². The predicted molar refractivity (Wildman–Crippen MR) is 90.7 cm³/mol. The average Bonchev–Trinajstić information content (AvgIpc) is 2.56. The fourth-order valence-electron chi connectivity index (χ4n) is 1.95. The minimum absolute atomic E-state index is 0.0588. The third-order valence-corrected chi connectivity index (χ3v) is 4.63. The van der Waals surface area contributed by atoms with E-state index in [0.29, 0.717) is 18.0 Å². The second-order valence-electron chi connectivity index (χ2n) is 5.05. The van der Waals surface area contributed by atoms with Crippen molar-refractivity contribution >= 4 is 21.4 Å². The molecule has 0 aliphatic carbocycles. The Morgan fingerprint density at radius 2 is 1.79 bits per heavy atom. The summed E-state index contributed by atoms with van der Waals surface area (Å²) in [6.45, 7) is 2.53. The molecule has 2 aromatic carbocycles. The molecule has 0 aromatic heterocycles. The minimum atomic E-state index is -3.86. The molecule has 8 heteroatoms. The van der Waals surface area contributed by atoms with E-state index in [1.165, 1.54) is 12.1 Å². The number of sulfonamides is 1. The Bertz CT molecular complexity index is 803. The summed E-state index contributed by atoms with van der Waals surface area (Å²) in [4.78, 5) is 10.0. The molecule has 0 unspecified atom stereocenters. The molecule has 0 fully saturated rings. The number of ether oxygens (including phenoxy) is 1. The van der Waals surface area contributed by atoms with E-state index in [0.717, 1.165) is 25.0 Å². The van der Waals surface area contributed by atoms with Gasteiger partial charge in [0.15, 0.2) is 0 Å². The van der Waals surface area contributed by atoms with Gasteiger partial charge in [-0.3, -0.25) is 14.8 Å². The highest BCUT2D eigenvalue weighted by molar-refractivity contribution is 7.92. The van der Waals surface area contributed by atoms with Crippen LogP contribution in [0.4, 0.5) is 11.4 Å². The zero-order valence-electron chi connectivity index (χ0n) is 13.1. The number of rotatable bonds is 8. The lowest BCUT2D eigenvalue weighted by Crippen LogP contribution is -2.14. The van der Waals surface area contributed by atoms with Gasteiger partial charge in [-0.2, -0.15) is 0 Å². The maximum absolute atomic E-state index is 12.4. The fourth-order valence-corrected chi connectivity index (χ4v) is 3.02. The second kappa shape index (κ2) is 7.78. The van der Waals surface area contributed by atoms with E-state index in [1.807, 2.05) is 6.92 Å². The Balaban J connectivity index is 2.21. The monoisotopic (exact) mass is 350 g/mol. The van der Waals surface area contributed by atoms with Crippen LogP contribution in [0.2, 0.25) is 0 Å². The Hall–Kier alpha value is -2.61. The highest BCUT2D eigenvalue weighted by Crippen LogP contribution is 2.27. The molecule has 0 atom stereocenters. The summed E-state index contributed by atoms with van der Waals surface area (Å²) >= 11 is 0. The molecule has 0 saturated carbocycles. The number of nitrogens with zero attached hydrogens (tertiary/aromatic N) is 1. The Kier molecular flexibility index (Phi) is 5.75. The first-order valence-electron chi connectivity index (χ1n) is 7.43. The van der Waals surface area contributed by atoms with Crippen LogP contribution in [0.5, 0.6) is 5.75 Å². The number of hydrogen-bond donors (Lipinski definition) is 1. The molecule has 0 aliphatic rings. The summed E-state index contributed by atoms with van der Waals surface area (Å²) in [5, 5.41) is 10.6. The molecular formula is C16H18N2O5S. The van der Waals surface area contributed by atoms with Crippen LogP contribution in [0.1, 0.15) is 19.8 Å². The number of non-ortho nitro benzene ring substituents is 1. The van der Waals surface area contributed by atoms with Gasteiger partial charge in [-0.1, -0.05) is 25.5 Å².